The summed E-state index contributed by atoms with van der Waals surface area (Å²) in [6, 6.07) is 9.42. The van der Waals surface area contributed by atoms with E-state index in [0.717, 1.165) is 4.57 Å². The van der Waals surface area contributed by atoms with Gasteiger partial charge in [-0.1, -0.05) is 37.3 Å². The Kier molecular flexibility index (Phi) is 9.43. The third-order valence-electron chi connectivity index (χ3n) is 5.59. The number of ether oxygens (including phenoxy) is 2. The molecule has 2 aromatic rings. The van der Waals surface area contributed by atoms with Crippen LogP contribution in [0.15, 0.2) is 47.4 Å². The van der Waals surface area contributed by atoms with Gasteiger partial charge >= 0.3 is 19.3 Å². The number of carbonyl (C=O) groups excluding carboxylic acids is 1. The molecule has 0 aliphatic carbocycles. The van der Waals surface area contributed by atoms with Crippen LogP contribution in [0.5, 0.6) is 5.75 Å². The topological polar surface area (TPSA) is 149 Å². The quantitative estimate of drug-likeness (QED) is 0.213. The van der Waals surface area contributed by atoms with Gasteiger partial charge in [-0.25, -0.2) is 13.8 Å². The van der Waals surface area contributed by atoms with Crippen LogP contribution in [-0.2, 0) is 23.4 Å². The minimum Gasteiger partial charge on any atom is -0.463 e. The number of para-hydroxylation sites is 1. The summed E-state index contributed by atoms with van der Waals surface area (Å²) in [5.41, 5.74) is -3.32. The predicted octanol–water partition coefficient (Wildman–Crippen LogP) is 2.74. The Balaban J connectivity index is 1.83. The zero-order valence-electron chi connectivity index (χ0n) is 20.5. The Morgan fingerprint density at radius 3 is 2.57 bits per heavy atom. The number of H-pyrrole nitrogens is 1. The molecule has 6 atom stereocenters. The van der Waals surface area contributed by atoms with Crippen molar-refractivity contribution in [3.05, 3.63) is 57.7 Å². The third-order valence-corrected chi connectivity index (χ3v) is 7.85. The van der Waals surface area contributed by atoms with Crippen molar-refractivity contribution in [2.75, 3.05) is 19.4 Å². The van der Waals surface area contributed by atoms with Gasteiger partial charge in [-0.05, 0) is 32.0 Å². The fraction of sp³-hybridized carbons (Fsp3) is 0.522. The summed E-state index contributed by atoms with van der Waals surface area (Å²) < 4.78 is 50.6. The zero-order valence-corrected chi connectivity index (χ0v) is 22.2. The molecule has 0 saturated carbocycles. The van der Waals surface area contributed by atoms with E-state index in [4.69, 9.17) is 30.7 Å². The number of aromatic nitrogens is 2. The van der Waals surface area contributed by atoms with Crippen LogP contribution in [0.1, 0.15) is 27.0 Å². The number of rotatable bonds is 11. The van der Waals surface area contributed by atoms with Crippen LogP contribution in [0.25, 0.3) is 0 Å². The molecule has 0 spiro atoms. The second kappa shape index (κ2) is 12.0. The van der Waals surface area contributed by atoms with Crippen LogP contribution in [0.3, 0.4) is 0 Å². The van der Waals surface area contributed by atoms with Crippen molar-refractivity contribution in [1.82, 2.24) is 9.55 Å². The summed E-state index contributed by atoms with van der Waals surface area (Å²) in [7, 11) is -4.09. The van der Waals surface area contributed by atoms with E-state index in [1.165, 1.54) is 31.3 Å². The highest BCUT2D eigenvalue weighted by atomic mass is 32.1. The Morgan fingerprint density at radius 2 is 1.97 bits per heavy atom. The first-order valence-corrected chi connectivity index (χ1v) is 13.6. The number of benzene rings is 1. The van der Waals surface area contributed by atoms with Gasteiger partial charge in [0.15, 0.2) is 11.8 Å². The molecule has 1 aromatic heterocycles. The Hall–Kier alpha value is -2.41. The fourth-order valence-electron chi connectivity index (χ4n) is 3.72. The zero-order chi connectivity index (χ0) is 27.4. The standard InChI is InChI=1S/C23H30FN2O9PS/c1-14(2)33-20(28)15(3)12-36(31,35-16-7-5-4-6-8-16)32-11-17-19(27)23(30,13-24)21(34-17)26-10-9-18(37)25-22(26)29/h4-10,14-15,17,19,21,27,30H,11-13H2,1-3H3,(H,25,29,37)/t15-,17-,19+,21-,23?,36?/m1/s1. The molecule has 14 heteroatoms. The summed E-state index contributed by atoms with van der Waals surface area (Å²) in [5.74, 6) is -1.29. The smallest absolute Gasteiger partial charge is 0.380 e. The third kappa shape index (κ3) is 6.92. The number of aliphatic hydroxyl groups excluding tert-OH is 1. The molecule has 0 radical (unpaired) electrons. The molecule has 1 aliphatic heterocycles. The van der Waals surface area contributed by atoms with E-state index in [9.17, 15) is 28.8 Å². The maximum absolute atomic E-state index is 14.0. The summed E-state index contributed by atoms with van der Waals surface area (Å²) >= 11 is 4.88. The first kappa shape index (κ1) is 29.2. The SMILES string of the molecule is CC(C)OC(=O)[C@H](C)CP(=O)(OC[C@H]1O[C@@H](n2ccc(=S)[nH]c2=O)C(O)(CF)[C@H]1O)Oc1ccccc1. The van der Waals surface area contributed by atoms with Crippen molar-refractivity contribution < 1.29 is 42.5 Å². The Morgan fingerprint density at radius 1 is 1.30 bits per heavy atom. The summed E-state index contributed by atoms with van der Waals surface area (Å²) in [5, 5.41) is 21.5. The molecule has 3 N–H and O–H groups in total. The number of esters is 1. The van der Waals surface area contributed by atoms with Crippen LogP contribution in [-0.4, -0.2) is 69.1 Å². The van der Waals surface area contributed by atoms with Gasteiger partial charge in [-0.15, -0.1) is 0 Å². The largest absolute Gasteiger partial charge is 0.463 e. The minimum absolute atomic E-state index is 0.104. The second-order valence-electron chi connectivity index (χ2n) is 8.99. The van der Waals surface area contributed by atoms with Crippen molar-refractivity contribution in [3.8, 4) is 5.75 Å². The molecule has 204 valence electrons. The van der Waals surface area contributed by atoms with Gasteiger partial charge in [0, 0.05) is 6.20 Å². The van der Waals surface area contributed by atoms with Crippen LogP contribution >= 0.6 is 19.8 Å². The lowest BCUT2D eigenvalue weighted by molar-refractivity contribution is -0.151. The average Bonchev–Trinajstić information content (AvgIpc) is 3.08. The van der Waals surface area contributed by atoms with Crippen LogP contribution < -0.4 is 10.2 Å². The number of carbonyl (C=O) groups is 1. The predicted molar refractivity (Wildman–Crippen MR) is 133 cm³/mol. The van der Waals surface area contributed by atoms with E-state index in [2.05, 4.69) is 4.98 Å². The lowest BCUT2D eigenvalue weighted by atomic mass is 9.95. The van der Waals surface area contributed by atoms with Crippen molar-refractivity contribution >= 4 is 25.8 Å². The molecule has 2 heterocycles. The molecular formula is C23H30FN2O9PS. The van der Waals surface area contributed by atoms with Gasteiger partial charge in [-0.3, -0.25) is 18.9 Å². The number of aromatic amines is 1. The molecule has 11 nitrogen and oxygen atoms in total. The molecular weight excluding hydrogens is 530 g/mol. The van der Waals surface area contributed by atoms with E-state index < -0.39 is 68.6 Å². The van der Waals surface area contributed by atoms with Crippen molar-refractivity contribution in [3.63, 3.8) is 0 Å². The highest BCUT2D eigenvalue weighted by Crippen LogP contribution is 2.51. The molecule has 37 heavy (non-hydrogen) atoms. The second-order valence-corrected chi connectivity index (χ2v) is 11.5. The van der Waals surface area contributed by atoms with Crippen LogP contribution in [0.4, 0.5) is 4.39 Å². The fourth-order valence-corrected chi connectivity index (χ4v) is 5.74. The number of alkyl halides is 1. The van der Waals surface area contributed by atoms with E-state index >= 15 is 0 Å². The van der Waals surface area contributed by atoms with Gasteiger partial charge in [0.05, 0.1) is 24.8 Å². The molecule has 1 aromatic carbocycles. The maximum Gasteiger partial charge on any atom is 0.380 e. The van der Waals surface area contributed by atoms with Gasteiger partial charge in [0.1, 0.15) is 29.3 Å². The van der Waals surface area contributed by atoms with E-state index in [-0.39, 0.29) is 16.6 Å². The normalized spacial score (nSPS) is 26.0. The molecule has 0 bridgehead atoms. The number of nitrogens with one attached hydrogen (secondary N) is 1. The number of hydrogen-bond acceptors (Lipinski definition) is 10. The number of halogens is 1. The molecule has 3 rings (SSSR count). The molecule has 1 saturated heterocycles. The summed E-state index contributed by atoms with van der Waals surface area (Å²) in [6.07, 6.45) is -4.50. The monoisotopic (exact) mass is 560 g/mol. The molecule has 1 aliphatic rings. The number of aliphatic hydroxyl groups is 2. The first-order valence-electron chi connectivity index (χ1n) is 11.5. The Bertz CT molecular complexity index is 1240. The Labute approximate surface area is 217 Å². The maximum atomic E-state index is 14.0. The van der Waals surface area contributed by atoms with Crippen molar-refractivity contribution in [1.29, 1.82) is 0 Å². The van der Waals surface area contributed by atoms with Gasteiger partial charge in [0.2, 0.25) is 0 Å². The minimum atomic E-state index is -4.09. The summed E-state index contributed by atoms with van der Waals surface area (Å²) in [6.45, 7) is 2.77. The average molecular weight is 561 g/mol. The van der Waals surface area contributed by atoms with Gasteiger partial charge in [-0.2, -0.15) is 0 Å². The summed E-state index contributed by atoms with van der Waals surface area (Å²) in [4.78, 5) is 27.0. The van der Waals surface area contributed by atoms with Crippen molar-refractivity contribution in [2.24, 2.45) is 5.92 Å². The van der Waals surface area contributed by atoms with E-state index in [0.29, 0.717) is 0 Å². The van der Waals surface area contributed by atoms with Gasteiger partial charge in [0.25, 0.3) is 0 Å². The highest BCUT2D eigenvalue weighted by Gasteiger charge is 2.57. The number of nitrogens with zero attached hydrogens (tertiary/aromatic N) is 1. The van der Waals surface area contributed by atoms with Crippen molar-refractivity contribution in [2.45, 2.75) is 50.9 Å². The highest BCUT2D eigenvalue weighted by molar-refractivity contribution is 7.71. The van der Waals surface area contributed by atoms with E-state index in [1.54, 1.807) is 32.0 Å². The van der Waals surface area contributed by atoms with Crippen LogP contribution in [0.2, 0.25) is 0 Å². The van der Waals surface area contributed by atoms with E-state index in [1.807, 2.05) is 0 Å². The molecule has 1 fully saturated rings. The van der Waals surface area contributed by atoms with Gasteiger partial charge < -0.3 is 24.2 Å². The molecule has 0 amide bonds. The first-order chi connectivity index (χ1) is 17.4. The lowest BCUT2D eigenvalue weighted by Crippen LogP contribution is -2.50. The van der Waals surface area contributed by atoms with Crippen LogP contribution in [0, 0.1) is 10.6 Å². The molecule has 2 unspecified atom stereocenters. The number of hydrogen-bond donors (Lipinski definition) is 3. The lowest BCUT2D eigenvalue weighted by Gasteiger charge is -2.28.